The van der Waals surface area contributed by atoms with Gasteiger partial charge in [0.25, 0.3) is 0 Å². The molecular formula is C39H37IrN3O2Si-2. The monoisotopic (exact) mass is 800 g/mol. The van der Waals surface area contributed by atoms with E-state index < -0.39 is 8.07 Å². The van der Waals surface area contributed by atoms with E-state index in [1.54, 1.807) is 0 Å². The Morgan fingerprint density at radius 3 is 2.30 bits per heavy atom. The van der Waals surface area contributed by atoms with Crippen molar-refractivity contribution in [2.75, 3.05) is 0 Å². The zero-order valence-electron chi connectivity index (χ0n) is 27.2. The van der Waals surface area contributed by atoms with Gasteiger partial charge in [0.1, 0.15) is 11.5 Å². The van der Waals surface area contributed by atoms with Crippen molar-refractivity contribution >= 4 is 35.3 Å². The van der Waals surface area contributed by atoms with E-state index in [0.717, 1.165) is 61.6 Å². The minimum Gasteiger partial charge on any atom is -0.486 e. The second-order valence-electron chi connectivity index (χ2n) is 12.7. The van der Waals surface area contributed by atoms with Crippen LogP contribution in [0.25, 0.3) is 55.9 Å². The number of nitrogens with zero attached hydrogens (tertiary/aromatic N) is 3. The van der Waals surface area contributed by atoms with Crippen molar-refractivity contribution in [3.05, 3.63) is 120 Å². The number of aryl methyl sites for hydroxylation is 2. The van der Waals surface area contributed by atoms with Crippen LogP contribution in [0.2, 0.25) is 19.6 Å². The van der Waals surface area contributed by atoms with Gasteiger partial charge in [-0.3, -0.25) is 0 Å². The smallest absolute Gasteiger partial charge is 0.216 e. The second kappa shape index (κ2) is 13.7. The summed E-state index contributed by atoms with van der Waals surface area (Å²) in [7, 11) is -1.51. The van der Waals surface area contributed by atoms with E-state index >= 15 is 0 Å². The van der Waals surface area contributed by atoms with Crippen molar-refractivity contribution < 1.29 is 28.9 Å². The van der Waals surface area contributed by atoms with Crippen LogP contribution in [0.15, 0.2) is 100 Å². The number of rotatable bonds is 5. The molecular weight excluding hydrogens is 763 g/mol. The zero-order valence-corrected chi connectivity index (χ0v) is 30.6. The summed E-state index contributed by atoms with van der Waals surface area (Å²) in [6.45, 7) is 15.3. The Bertz CT molecular complexity index is 2110. The molecule has 0 saturated carbocycles. The Balaban J connectivity index is 0.000000178. The van der Waals surface area contributed by atoms with Gasteiger partial charge in [0.05, 0.1) is 13.7 Å². The van der Waals surface area contributed by atoms with Gasteiger partial charge in [-0.05, 0) is 66.7 Å². The van der Waals surface area contributed by atoms with Crippen molar-refractivity contribution in [3.63, 3.8) is 0 Å². The molecule has 5 heterocycles. The van der Waals surface area contributed by atoms with Crippen LogP contribution in [0, 0.1) is 26.0 Å². The maximum Gasteiger partial charge on any atom is 0.216 e. The van der Waals surface area contributed by atoms with Crippen LogP contribution >= 0.6 is 0 Å². The third kappa shape index (κ3) is 6.97. The fraction of sp³-hybridized carbons (Fsp3) is 0.205. The number of benzene rings is 2. The average molecular weight is 800 g/mol. The molecule has 46 heavy (non-hydrogen) atoms. The normalized spacial score (nSPS) is 11.4. The molecule has 5 nitrogen and oxygen atoms in total. The first kappa shape index (κ1) is 33.2. The van der Waals surface area contributed by atoms with Gasteiger partial charge in [0, 0.05) is 49.1 Å². The number of furan rings is 2. The van der Waals surface area contributed by atoms with Gasteiger partial charge in [-0.1, -0.05) is 62.1 Å². The molecule has 0 saturated heterocycles. The maximum atomic E-state index is 6.04. The first-order valence-electron chi connectivity index (χ1n) is 15.3. The Morgan fingerprint density at radius 1 is 0.783 bits per heavy atom. The van der Waals surface area contributed by atoms with Gasteiger partial charge in [-0.2, -0.15) is 0 Å². The van der Waals surface area contributed by atoms with Crippen LogP contribution in [0.3, 0.4) is 0 Å². The molecule has 0 aliphatic rings. The number of hydrogen-bond donors (Lipinski definition) is 0. The van der Waals surface area contributed by atoms with Gasteiger partial charge in [-0.25, -0.2) is 4.98 Å². The molecule has 0 amide bonds. The van der Waals surface area contributed by atoms with Crippen molar-refractivity contribution in [1.29, 1.82) is 0 Å². The van der Waals surface area contributed by atoms with Crippen LogP contribution in [0.4, 0.5) is 0 Å². The Labute approximate surface area is 285 Å². The number of aromatic nitrogens is 3. The van der Waals surface area contributed by atoms with Crippen LogP contribution in [0.1, 0.15) is 36.8 Å². The Hall–Kier alpha value is -4.16. The number of pyridine rings is 3. The summed E-state index contributed by atoms with van der Waals surface area (Å²) in [6, 6.07) is 32.8. The van der Waals surface area contributed by atoms with E-state index in [1.807, 2.05) is 80.8 Å². The predicted octanol–water partition coefficient (Wildman–Crippen LogP) is 9.93. The minimum absolute atomic E-state index is 0. The summed E-state index contributed by atoms with van der Waals surface area (Å²) in [4.78, 5) is 13.7. The van der Waals surface area contributed by atoms with Crippen LogP contribution in [-0.4, -0.2) is 23.0 Å². The summed E-state index contributed by atoms with van der Waals surface area (Å²) in [5.74, 6) is 2.31. The molecule has 235 valence electrons. The molecule has 0 aliphatic heterocycles. The third-order valence-electron chi connectivity index (χ3n) is 7.85. The summed E-state index contributed by atoms with van der Waals surface area (Å²) in [5, 5.41) is 3.40. The van der Waals surface area contributed by atoms with Gasteiger partial charge in [0.15, 0.2) is 0 Å². The fourth-order valence-corrected chi connectivity index (χ4v) is 6.84. The van der Waals surface area contributed by atoms with Crippen molar-refractivity contribution in [3.8, 4) is 33.8 Å². The third-order valence-corrected chi connectivity index (χ3v) is 9.86. The van der Waals surface area contributed by atoms with E-state index in [2.05, 4.69) is 84.8 Å². The van der Waals surface area contributed by atoms with E-state index in [0.29, 0.717) is 11.6 Å². The van der Waals surface area contributed by atoms with Gasteiger partial charge in [-0.15, -0.1) is 54.1 Å². The number of fused-ring (bicyclic) bond motifs is 3. The quantitative estimate of drug-likeness (QED) is 0.128. The maximum absolute atomic E-state index is 6.04. The van der Waals surface area contributed by atoms with Gasteiger partial charge < -0.3 is 18.8 Å². The summed E-state index contributed by atoms with van der Waals surface area (Å²) in [6.07, 6.45) is 3.87. The summed E-state index contributed by atoms with van der Waals surface area (Å²) >= 11 is 0. The molecule has 0 unspecified atom stereocenters. The molecule has 0 atom stereocenters. The molecule has 5 aromatic heterocycles. The summed E-state index contributed by atoms with van der Waals surface area (Å²) in [5.41, 5.74) is 8.55. The summed E-state index contributed by atoms with van der Waals surface area (Å²) < 4.78 is 11.9. The minimum atomic E-state index is -1.51. The molecule has 7 rings (SSSR count). The topological polar surface area (TPSA) is 65.0 Å². The first-order chi connectivity index (χ1) is 21.6. The van der Waals surface area contributed by atoms with Gasteiger partial charge in [0.2, 0.25) is 5.71 Å². The largest absolute Gasteiger partial charge is 0.486 e. The van der Waals surface area contributed by atoms with Crippen molar-refractivity contribution in [1.82, 2.24) is 15.0 Å². The molecule has 0 bridgehead atoms. The molecule has 0 aliphatic carbocycles. The van der Waals surface area contributed by atoms with E-state index in [1.165, 1.54) is 10.8 Å². The zero-order chi connectivity index (χ0) is 31.7. The average Bonchev–Trinajstić information content (AvgIpc) is 3.64. The van der Waals surface area contributed by atoms with E-state index in [-0.39, 0.29) is 20.1 Å². The van der Waals surface area contributed by atoms with E-state index in [9.17, 15) is 0 Å². The Kier molecular flexibility index (Phi) is 9.87. The predicted molar refractivity (Wildman–Crippen MR) is 186 cm³/mol. The molecule has 0 N–H and O–H groups in total. The Morgan fingerprint density at radius 2 is 1.61 bits per heavy atom. The SMILES string of the molecule is Cc1ccc(-c2cc(-c3[c-]cccc3)ncc2[Si](C)(C)C)o1.Cc1ccc2c(n1)oc1c(-c3cc(C(C)C)ccn3)[c-]ccc12.[Ir]. The van der Waals surface area contributed by atoms with Crippen molar-refractivity contribution in [2.24, 2.45) is 0 Å². The second-order valence-corrected chi connectivity index (χ2v) is 17.7. The standard InChI is InChI=1S/C20H17N2O.C19H20NOSi.Ir/c1-12(2)14-9-10-21-18(11-14)17-6-4-5-15-16-8-7-13(3)22-20(16)23-19(15)17;1-14-10-11-18(21-14)16-12-17(15-8-6-5-7-9-15)20-13-19(16)22(2,3)4;/h4-5,7-12H,1-3H3;5-8,10-13H,1-4H3;/q2*-1;. The van der Waals surface area contributed by atoms with Gasteiger partial charge >= 0.3 is 0 Å². The molecule has 2 aromatic carbocycles. The molecule has 7 heteroatoms. The molecule has 1 radical (unpaired) electrons. The molecule has 0 fully saturated rings. The van der Waals surface area contributed by atoms with Crippen molar-refractivity contribution in [2.45, 2.75) is 53.3 Å². The van der Waals surface area contributed by atoms with E-state index in [4.69, 9.17) is 8.83 Å². The fourth-order valence-electron chi connectivity index (χ4n) is 5.38. The molecule has 7 aromatic rings. The first-order valence-corrected chi connectivity index (χ1v) is 18.8. The molecule has 0 spiro atoms. The van der Waals surface area contributed by atoms with Crippen LogP contribution < -0.4 is 5.19 Å². The number of hydrogen-bond acceptors (Lipinski definition) is 5. The van der Waals surface area contributed by atoms with Crippen LogP contribution in [-0.2, 0) is 20.1 Å². The van der Waals surface area contributed by atoms with Crippen LogP contribution in [0.5, 0.6) is 0 Å².